The fourth-order valence-corrected chi connectivity index (χ4v) is 2.48. The molecule has 6 nitrogen and oxygen atoms in total. The molecule has 0 amide bonds. The van der Waals surface area contributed by atoms with E-state index in [2.05, 4.69) is 14.9 Å². The van der Waals surface area contributed by atoms with Crippen LogP contribution in [0.15, 0.2) is 6.07 Å². The van der Waals surface area contributed by atoms with Gasteiger partial charge in [0.05, 0.1) is 20.3 Å². The second-order valence-corrected chi connectivity index (χ2v) is 4.67. The van der Waals surface area contributed by atoms with E-state index in [1.54, 1.807) is 20.3 Å². The highest BCUT2D eigenvalue weighted by molar-refractivity contribution is 5.39. The monoisotopic (exact) mass is 266 g/mol. The summed E-state index contributed by atoms with van der Waals surface area (Å²) in [7, 11) is 3.20. The van der Waals surface area contributed by atoms with Crippen LogP contribution in [0, 0.1) is 0 Å². The summed E-state index contributed by atoms with van der Waals surface area (Å²) >= 11 is 0. The second kappa shape index (κ2) is 6.56. The van der Waals surface area contributed by atoms with Crippen LogP contribution in [0.5, 0.6) is 11.8 Å². The first kappa shape index (κ1) is 13.9. The van der Waals surface area contributed by atoms with E-state index in [1.807, 2.05) is 0 Å². The molecule has 1 atom stereocenters. The van der Waals surface area contributed by atoms with E-state index in [1.165, 1.54) is 6.42 Å². The summed E-state index contributed by atoms with van der Waals surface area (Å²) in [6.07, 6.45) is 4.45. The van der Waals surface area contributed by atoms with Crippen LogP contribution in [-0.2, 0) is 0 Å². The van der Waals surface area contributed by atoms with Crippen molar-refractivity contribution in [2.24, 2.45) is 5.73 Å². The van der Waals surface area contributed by atoms with Gasteiger partial charge in [-0.2, -0.15) is 9.97 Å². The zero-order valence-corrected chi connectivity index (χ0v) is 11.6. The van der Waals surface area contributed by atoms with Crippen LogP contribution in [0.3, 0.4) is 0 Å². The summed E-state index contributed by atoms with van der Waals surface area (Å²) in [6, 6.07) is 2.16. The van der Waals surface area contributed by atoms with E-state index in [0.717, 1.165) is 32.4 Å². The van der Waals surface area contributed by atoms with E-state index < -0.39 is 0 Å². The third kappa shape index (κ3) is 3.26. The van der Waals surface area contributed by atoms with Gasteiger partial charge in [-0.25, -0.2) is 0 Å². The van der Waals surface area contributed by atoms with Crippen LogP contribution in [0.2, 0.25) is 0 Å². The molecule has 1 aliphatic heterocycles. The van der Waals surface area contributed by atoms with E-state index >= 15 is 0 Å². The Morgan fingerprint density at radius 2 is 2.00 bits per heavy atom. The maximum Gasteiger partial charge on any atom is 0.232 e. The minimum absolute atomic E-state index is 0.473. The maximum atomic E-state index is 5.59. The van der Waals surface area contributed by atoms with Gasteiger partial charge in [0, 0.05) is 12.6 Å². The number of aromatic nitrogens is 2. The van der Waals surface area contributed by atoms with E-state index in [4.69, 9.17) is 15.2 Å². The Labute approximate surface area is 113 Å². The molecule has 0 radical (unpaired) electrons. The number of nitrogens with two attached hydrogens (primary N) is 1. The Kier molecular flexibility index (Phi) is 4.79. The molecular formula is C13H22N4O2. The topological polar surface area (TPSA) is 73.5 Å². The first-order valence-corrected chi connectivity index (χ1v) is 6.72. The standard InChI is InChI=1S/C13H22N4O2/c1-18-11-9-12(19-2)16-13(15-11)17-8-4-6-10(17)5-3-7-14/h9-10H,3-8,14H2,1-2H3. The molecule has 1 aromatic rings. The summed E-state index contributed by atoms with van der Waals surface area (Å²) in [6.45, 7) is 1.71. The number of anilines is 1. The number of hydrogen-bond acceptors (Lipinski definition) is 6. The van der Waals surface area contributed by atoms with Gasteiger partial charge in [0.2, 0.25) is 17.7 Å². The molecule has 0 aliphatic carbocycles. The Morgan fingerprint density at radius 3 is 2.58 bits per heavy atom. The van der Waals surface area contributed by atoms with Crippen molar-refractivity contribution in [2.75, 3.05) is 32.2 Å². The van der Waals surface area contributed by atoms with Gasteiger partial charge in [-0.05, 0) is 32.2 Å². The number of rotatable bonds is 6. The van der Waals surface area contributed by atoms with E-state index in [9.17, 15) is 0 Å². The second-order valence-electron chi connectivity index (χ2n) is 4.67. The summed E-state index contributed by atoms with van der Waals surface area (Å²) in [4.78, 5) is 11.1. The zero-order valence-electron chi connectivity index (χ0n) is 11.6. The summed E-state index contributed by atoms with van der Waals surface area (Å²) in [5.41, 5.74) is 5.59. The number of hydrogen-bond donors (Lipinski definition) is 1. The molecule has 2 N–H and O–H groups in total. The van der Waals surface area contributed by atoms with Crippen molar-refractivity contribution >= 4 is 5.95 Å². The molecule has 19 heavy (non-hydrogen) atoms. The Hall–Kier alpha value is -1.56. The molecule has 1 aliphatic rings. The Morgan fingerprint density at radius 1 is 1.32 bits per heavy atom. The molecule has 0 bridgehead atoms. The third-order valence-electron chi connectivity index (χ3n) is 3.46. The lowest BCUT2D eigenvalue weighted by Gasteiger charge is -2.25. The van der Waals surface area contributed by atoms with Crippen molar-refractivity contribution in [3.8, 4) is 11.8 Å². The summed E-state index contributed by atoms with van der Waals surface area (Å²) < 4.78 is 10.4. The number of methoxy groups -OCH3 is 2. The van der Waals surface area contributed by atoms with Gasteiger partial charge in [-0.15, -0.1) is 0 Å². The molecule has 0 spiro atoms. The normalized spacial score (nSPS) is 18.7. The van der Waals surface area contributed by atoms with Crippen LogP contribution in [0.25, 0.3) is 0 Å². The van der Waals surface area contributed by atoms with Gasteiger partial charge >= 0.3 is 0 Å². The first-order valence-electron chi connectivity index (χ1n) is 6.72. The number of nitrogens with zero attached hydrogens (tertiary/aromatic N) is 3. The molecule has 1 saturated heterocycles. The van der Waals surface area contributed by atoms with Gasteiger partial charge in [0.15, 0.2) is 0 Å². The molecule has 1 fully saturated rings. The van der Waals surface area contributed by atoms with Gasteiger partial charge in [0.25, 0.3) is 0 Å². The highest BCUT2D eigenvalue weighted by atomic mass is 16.5. The van der Waals surface area contributed by atoms with Crippen LogP contribution in [-0.4, -0.2) is 43.3 Å². The van der Waals surface area contributed by atoms with E-state index in [-0.39, 0.29) is 0 Å². The molecule has 1 aromatic heterocycles. The van der Waals surface area contributed by atoms with Crippen molar-refractivity contribution < 1.29 is 9.47 Å². The highest BCUT2D eigenvalue weighted by Crippen LogP contribution is 2.28. The van der Waals surface area contributed by atoms with Crippen molar-refractivity contribution in [3.63, 3.8) is 0 Å². The van der Waals surface area contributed by atoms with Crippen LogP contribution < -0.4 is 20.1 Å². The molecule has 2 heterocycles. The van der Waals surface area contributed by atoms with Crippen molar-refractivity contribution in [1.29, 1.82) is 0 Å². The van der Waals surface area contributed by atoms with Gasteiger partial charge in [-0.3, -0.25) is 0 Å². The summed E-state index contributed by atoms with van der Waals surface area (Å²) in [5.74, 6) is 1.76. The molecule has 0 saturated carbocycles. The third-order valence-corrected chi connectivity index (χ3v) is 3.46. The van der Waals surface area contributed by atoms with Crippen LogP contribution in [0.4, 0.5) is 5.95 Å². The lowest BCUT2D eigenvalue weighted by Crippen LogP contribution is -2.31. The molecule has 6 heteroatoms. The zero-order chi connectivity index (χ0) is 13.7. The molecule has 2 rings (SSSR count). The Balaban J connectivity index is 2.19. The smallest absolute Gasteiger partial charge is 0.232 e. The fourth-order valence-electron chi connectivity index (χ4n) is 2.48. The number of ether oxygens (including phenoxy) is 2. The van der Waals surface area contributed by atoms with Crippen molar-refractivity contribution in [1.82, 2.24) is 9.97 Å². The van der Waals surface area contributed by atoms with Crippen molar-refractivity contribution in [3.05, 3.63) is 6.07 Å². The molecule has 1 unspecified atom stereocenters. The maximum absolute atomic E-state index is 5.59. The molecule has 0 aromatic carbocycles. The van der Waals surface area contributed by atoms with Crippen LogP contribution >= 0.6 is 0 Å². The predicted molar refractivity (Wildman–Crippen MR) is 73.8 cm³/mol. The average Bonchev–Trinajstić information content (AvgIpc) is 2.92. The molecular weight excluding hydrogens is 244 g/mol. The molecule has 106 valence electrons. The van der Waals surface area contributed by atoms with Crippen LogP contribution in [0.1, 0.15) is 25.7 Å². The quantitative estimate of drug-likeness (QED) is 0.834. The fraction of sp³-hybridized carbons (Fsp3) is 0.692. The van der Waals surface area contributed by atoms with Gasteiger partial charge in [-0.1, -0.05) is 0 Å². The summed E-state index contributed by atoms with van der Waals surface area (Å²) in [5, 5.41) is 0. The highest BCUT2D eigenvalue weighted by Gasteiger charge is 2.27. The predicted octanol–water partition coefficient (Wildman–Crippen LogP) is 1.20. The SMILES string of the molecule is COc1cc(OC)nc(N2CCCC2CCCN)n1. The van der Waals surface area contributed by atoms with Gasteiger partial charge < -0.3 is 20.1 Å². The van der Waals surface area contributed by atoms with E-state index in [0.29, 0.717) is 23.8 Å². The van der Waals surface area contributed by atoms with Gasteiger partial charge in [0.1, 0.15) is 0 Å². The lowest BCUT2D eigenvalue weighted by atomic mass is 10.1. The first-order chi connectivity index (χ1) is 9.28. The largest absolute Gasteiger partial charge is 0.481 e. The minimum atomic E-state index is 0.473. The van der Waals surface area contributed by atoms with Crippen molar-refractivity contribution in [2.45, 2.75) is 31.7 Å². The average molecular weight is 266 g/mol. The minimum Gasteiger partial charge on any atom is -0.481 e. The Bertz CT molecular complexity index is 391. The lowest BCUT2D eigenvalue weighted by molar-refractivity contribution is 0.371.